The predicted molar refractivity (Wildman–Crippen MR) is 121 cm³/mol. The van der Waals surface area contributed by atoms with Crippen molar-refractivity contribution in [1.29, 1.82) is 0 Å². The predicted octanol–water partition coefficient (Wildman–Crippen LogP) is 4.58. The first-order valence-electron chi connectivity index (χ1n) is 10.3. The average molecular weight is 445 g/mol. The number of rotatable bonds is 4. The van der Waals surface area contributed by atoms with E-state index in [1.54, 1.807) is 18.2 Å². The summed E-state index contributed by atoms with van der Waals surface area (Å²) < 4.78 is 28.0. The highest BCUT2D eigenvalue weighted by Gasteiger charge is 2.39. The van der Waals surface area contributed by atoms with E-state index in [9.17, 15) is 13.2 Å². The van der Waals surface area contributed by atoms with E-state index in [0.29, 0.717) is 39.9 Å². The molecule has 2 aliphatic rings. The lowest BCUT2D eigenvalue weighted by molar-refractivity contribution is -0.117. The van der Waals surface area contributed by atoms with Crippen molar-refractivity contribution < 1.29 is 13.2 Å². The van der Waals surface area contributed by atoms with Gasteiger partial charge in [-0.05, 0) is 42.5 Å². The molecule has 0 radical (unpaired) electrons. The monoisotopic (exact) mass is 444 g/mol. The fourth-order valence-electron chi connectivity index (χ4n) is 4.33. The molecule has 1 saturated carbocycles. The largest absolute Gasteiger partial charge is 0.351 e. The Labute approximate surface area is 182 Å². The summed E-state index contributed by atoms with van der Waals surface area (Å²) in [4.78, 5) is 13.1. The first-order chi connectivity index (χ1) is 14.4. The molecule has 0 spiro atoms. The van der Waals surface area contributed by atoms with Gasteiger partial charge in [0, 0.05) is 29.8 Å². The fourth-order valence-corrected chi connectivity index (χ4v) is 5.99. The van der Waals surface area contributed by atoms with Gasteiger partial charge < -0.3 is 5.32 Å². The average Bonchev–Trinajstić information content (AvgIpc) is 2.75. The molecule has 0 bridgehead atoms. The lowest BCUT2D eigenvalue weighted by Crippen LogP contribution is -2.40. The molecule has 4 rings (SSSR count). The molecule has 1 N–H and O–H groups in total. The third kappa shape index (κ3) is 3.86. The Kier molecular flexibility index (Phi) is 5.89. The zero-order valence-corrected chi connectivity index (χ0v) is 18.5. The molecular formula is C23H25ClN2O3S. The molecule has 30 heavy (non-hydrogen) atoms. The SMILES string of the molecule is CN1c2ccc(Cl)cc2C(c2ccccc2)=C(C(=O)NCC2CCCCC2)S1(=O)=O. The summed E-state index contributed by atoms with van der Waals surface area (Å²) >= 11 is 6.25. The number of carbonyl (C=O) groups is 1. The minimum absolute atomic E-state index is 0.221. The van der Waals surface area contributed by atoms with E-state index in [0.717, 1.165) is 25.7 Å². The standard InChI is InChI=1S/C23H25ClN2O3S/c1-26-20-13-12-18(24)14-19(20)21(17-10-6-3-7-11-17)22(30(26,28)29)23(27)25-15-16-8-4-2-5-9-16/h3,6-7,10-14,16H,2,4-5,8-9,15H2,1H3,(H,25,27). The molecule has 0 saturated heterocycles. The van der Waals surface area contributed by atoms with Gasteiger partial charge in [0.1, 0.15) is 0 Å². The van der Waals surface area contributed by atoms with Crippen LogP contribution in [0.15, 0.2) is 53.4 Å². The number of hydrogen-bond donors (Lipinski definition) is 1. The van der Waals surface area contributed by atoms with E-state index < -0.39 is 15.9 Å². The van der Waals surface area contributed by atoms with Gasteiger partial charge in [0.15, 0.2) is 4.91 Å². The Morgan fingerprint density at radius 3 is 2.50 bits per heavy atom. The van der Waals surface area contributed by atoms with Crippen LogP contribution in [0.1, 0.15) is 43.2 Å². The van der Waals surface area contributed by atoms with Gasteiger partial charge in [0.25, 0.3) is 15.9 Å². The van der Waals surface area contributed by atoms with Crippen LogP contribution in [0.4, 0.5) is 5.69 Å². The number of sulfonamides is 1. The molecule has 1 aliphatic carbocycles. The summed E-state index contributed by atoms with van der Waals surface area (Å²) in [7, 11) is -2.55. The number of amides is 1. The van der Waals surface area contributed by atoms with Crippen molar-refractivity contribution >= 4 is 38.8 Å². The van der Waals surface area contributed by atoms with Crippen LogP contribution in [0.3, 0.4) is 0 Å². The van der Waals surface area contributed by atoms with Gasteiger partial charge in [0.2, 0.25) is 0 Å². The van der Waals surface area contributed by atoms with Crippen LogP contribution in [0.25, 0.3) is 5.57 Å². The Morgan fingerprint density at radius 1 is 1.10 bits per heavy atom. The Balaban J connectivity index is 1.84. The van der Waals surface area contributed by atoms with Crippen LogP contribution in [0.2, 0.25) is 5.02 Å². The van der Waals surface area contributed by atoms with Crippen LogP contribution >= 0.6 is 11.6 Å². The second-order valence-corrected chi connectivity index (χ2v) is 10.3. The first kappa shape index (κ1) is 20.9. The highest BCUT2D eigenvalue weighted by molar-refractivity contribution is 7.97. The van der Waals surface area contributed by atoms with E-state index in [-0.39, 0.29) is 4.91 Å². The van der Waals surface area contributed by atoms with Crippen LogP contribution in [0, 0.1) is 5.92 Å². The maximum atomic E-state index is 13.4. The second-order valence-electron chi connectivity index (χ2n) is 7.92. The first-order valence-corrected chi connectivity index (χ1v) is 12.1. The van der Waals surface area contributed by atoms with Crippen LogP contribution in [-0.4, -0.2) is 27.9 Å². The fraction of sp³-hybridized carbons (Fsp3) is 0.348. The Morgan fingerprint density at radius 2 is 1.80 bits per heavy atom. The molecule has 0 aromatic heterocycles. The zero-order valence-electron chi connectivity index (χ0n) is 16.9. The summed E-state index contributed by atoms with van der Waals surface area (Å²) in [6.45, 7) is 0.492. The Hall–Kier alpha value is -2.31. The van der Waals surface area contributed by atoms with Crippen LogP contribution in [0.5, 0.6) is 0 Å². The lowest BCUT2D eigenvalue weighted by Gasteiger charge is -2.31. The number of nitrogens with one attached hydrogen (secondary N) is 1. The zero-order chi connectivity index (χ0) is 21.3. The molecule has 0 unspecified atom stereocenters. The number of fused-ring (bicyclic) bond motifs is 1. The molecule has 2 aromatic carbocycles. The van der Waals surface area contributed by atoms with E-state index >= 15 is 0 Å². The highest BCUT2D eigenvalue weighted by atomic mass is 35.5. The maximum absolute atomic E-state index is 13.4. The van der Waals surface area contributed by atoms with Gasteiger partial charge in [-0.1, -0.05) is 61.2 Å². The topological polar surface area (TPSA) is 66.5 Å². The number of anilines is 1. The van der Waals surface area contributed by atoms with Crippen molar-refractivity contribution in [3.63, 3.8) is 0 Å². The van der Waals surface area contributed by atoms with Crippen LogP contribution in [-0.2, 0) is 14.8 Å². The third-order valence-corrected chi connectivity index (χ3v) is 8.02. The molecule has 5 nitrogen and oxygen atoms in total. The number of hydrogen-bond acceptors (Lipinski definition) is 3. The van der Waals surface area contributed by atoms with Gasteiger partial charge in [0.05, 0.1) is 5.69 Å². The van der Waals surface area contributed by atoms with E-state index in [1.165, 1.54) is 17.8 Å². The summed E-state index contributed by atoms with van der Waals surface area (Å²) in [6.07, 6.45) is 5.67. The molecule has 1 fully saturated rings. The normalized spacial score (nSPS) is 18.8. The molecule has 158 valence electrons. The van der Waals surface area contributed by atoms with Gasteiger partial charge in [-0.15, -0.1) is 0 Å². The number of benzene rings is 2. The van der Waals surface area contributed by atoms with Crippen molar-refractivity contribution in [3.05, 3.63) is 69.6 Å². The molecule has 7 heteroatoms. The van der Waals surface area contributed by atoms with Gasteiger partial charge in [-0.3, -0.25) is 9.10 Å². The Bertz CT molecular complexity index is 1090. The van der Waals surface area contributed by atoms with E-state index in [2.05, 4.69) is 5.32 Å². The summed E-state index contributed by atoms with van der Waals surface area (Å²) in [5, 5.41) is 3.39. The van der Waals surface area contributed by atoms with Crippen molar-refractivity contribution in [2.24, 2.45) is 5.92 Å². The molecule has 1 amide bonds. The third-order valence-electron chi connectivity index (χ3n) is 5.96. The van der Waals surface area contributed by atoms with Crippen molar-refractivity contribution in [2.75, 3.05) is 17.9 Å². The molecule has 1 heterocycles. The quantitative estimate of drug-likeness (QED) is 0.750. The smallest absolute Gasteiger partial charge is 0.270 e. The lowest BCUT2D eigenvalue weighted by atomic mass is 9.89. The van der Waals surface area contributed by atoms with Crippen LogP contribution < -0.4 is 9.62 Å². The molecule has 2 aromatic rings. The van der Waals surface area contributed by atoms with Crippen molar-refractivity contribution in [1.82, 2.24) is 5.32 Å². The number of carbonyl (C=O) groups excluding carboxylic acids is 1. The molecular weight excluding hydrogens is 420 g/mol. The van der Waals surface area contributed by atoms with Gasteiger partial charge >= 0.3 is 0 Å². The minimum Gasteiger partial charge on any atom is -0.351 e. The van der Waals surface area contributed by atoms with Crippen molar-refractivity contribution in [2.45, 2.75) is 32.1 Å². The minimum atomic E-state index is -4.02. The van der Waals surface area contributed by atoms with Crippen molar-refractivity contribution in [3.8, 4) is 0 Å². The van der Waals surface area contributed by atoms with Gasteiger partial charge in [-0.2, -0.15) is 0 Å². The summed E-state index contributed by atoms with van der Waals surface area (Å²) in [5.41, 5.74) is 2.20. The highest BCUT2D eigenvalue weighted by Crippen LogP contribution is 2.43. The second kappa shape index (κ2) is 8.44. The summed E-state index contributed by atoms with van der Waals surface area (Å²) in [5.74, 6) is -0.161. The number of nitrogens with zero attached hydrogens (tertiary/aromatic N) is 1. The van der Waals surface area contributed by atoms with E-state index in [4.69, 9.17) is 11.6 Å². The van der Waals surface area contributed by atoms with Gasteiger partial charge in [-0.25, -0.2) is 8.42 Å². The maximum Gasteiger partial charge on any atom is 0.270 e. The molecule has 0 atom stereocenters. The number of halogens is 1. The molecule has 1 aliphatic heterocycles. The van der Waals surface area contributed by atoms with E-state index in [1.807, 2.05) is 30.3 Å². The summed E-state index contributed by atoms with van der Waals surface area (Å²) in [6, 6.07) is 14.2.